The Labute approximate surface area is 233 Å². The predicted molar refractivity (Wildman–Crippen MR) is 149 cm³/mol. The highest BCUT2D eigenvalue weighted by Crippen LogP contribution is 2.36. The number of nitrogens with one attached hydrogen (secondary N) is 1. The fourth-order valence-corrected chi connectivity index (χ4v) is 4.38. The van der Waals surface area contributed by atoms with Crippen LogP contribution >= 0.6 is 11.6 Å². The van der Waals surface area contributed by atoms with E-state index in [1.54, 1.807) is 57.2 Å². The Hall–Kier alpha value is -3.21. The van der Waals surface area contributed by atoms with Gasteiger partial charge in [-0.2, -0.15) is 0 Å². The van der Waals surface area contributed by atoms with Crippen molar-refractivity contribution in [3.8, 4) is 11.5 Å². The van der Waals surface area contributed by atoms with E-state index < -0.39 is 11.4 Å². The van der Waals surface area contributed by atoms with Gasteiger partial charge in [-0.1, -0.05) is 17.7 Å². The highest BCUT2D eigenvalue weighted by molar-refractivity contribution is 6.31. The van der Waals surface area contributed by atoms with Crippen LogP contribution in [0.1, 0.15) is 40.0 Å². The van der Waals surface area contributed by atoms with Gasteiger partial charge >= 0.3 is 0 Å². The Morgan fingerprint density at radius 3 is 2.54 bits per heavy atom. The molecule has 4 rings (SSSR count). The van der Waals surface area contributed by atoms with E-state index in [0.29, 0.717) is 47.7 Å². The quantitative estimate of drug-likeness (QED) is 0.336. The molecule has 1 unspecified atom stereocenters. The molecule has 1 atom stereocenters. The van der Waals surface area contributed by atoms with Crippen molar-refractivity contribution in [1.82, 2.24) is 14.9 Å². The molecule has 1 saturated heterocycles. The summed E-state index contributed by atoms with van der Waals surface area (Å²) >= 11 is 5.88. The van der Waals surface area contributed by atoms with Gasteiger partial charge in [-0.3, -0.25) is 4.79 Å². The predicted octanol–water partition coefficient (Wildman–Crippen LogP) is 5.36. The smallest absolute Gasteiger partial charge is 0.209 e. The van der Waals surface area contributed by atoms with Gasteiger partial charge in [0.15, 0.2) is 17.3 Å². The molecule has 39 heavy (non-hydrogen) atoms. The van der Waals surface area contributed by atoms with Crippen LogP contribution in [-0.2, 0) is 9.53 Å². The molecule has 0 radical (unpaired) electrons. The molecule has 1 aromatic heterocycles. The van der Waals surface area contributed by atoms with E-state index in [1.807, 2.05) is 6.92 Å². The van der Waals surface area contributed by atoms with Crippen LogP contribution in [0.5, 0.6) is 11.5 Å². The lowest BCUT2D eigenvalue weighted by Gasteiger charge is -2.30. The van der Waals surface area contributed by atoms with Crippen molar-refractivity contribution >= 4 is 40.4 Å². The second-order valence-electron chi connectivity index (χ2n) is 9.99. The lowest BCUT2D eigenvalue weighted by Crippen LogP contribution is -2.37. The number of anilines is 2. The molecule has 3 aromatic rings. The third-order valence-corrected chi connectivity index (χ3v) is 6.53. The summed E-state index contributed by atoms with van der Waals surface area (Å²) in [5.74, 6) is 0.945. The average Bonchev–Trinajstić information content (AvgIpc) is 2.91. The molecule has 0 spiro atoms. The summed E-state index contributed by atoms with van der Waals surface area (Å²) in [7, 11) is 3.21. The third-order valence-electron chi connectivity index (χ3n) is 6.23. The van der Waals surface area contributed by atoms with Crippen LogP contribution in [0.3, 0.4) is 0 Å². The number of hydrogen-bond acceptors (Lipinski definition) is 8. The van der Waals surface area contributed by atoms with E-state index in [0.717, 1.165) is 19.3 Å². The number of aromatic nitrogens is 2. The Morgan fingerprint density at radius 2 is 1.95 bits per heavy atom. The van der Waals surface area contributed by atoms with E-state index in [1.165, 1.54) is 12.4 Å². The first kappa shape index (κ1) is 30.3. The molecular weight excluding hydrogens is 527 g/mol. The topological polar surface area (TPSA) is 106 Å². The van der Waals surface area contributed by atoms with Gasteiger partial charge in [0.25, 0.3) is 0 Å². The molecule has 0 aliphatic carbocycles. The van der Waals surface area contributed by atoms with Crippen molar-refractivity contribution in [2.45, 2.75) is 57.8 Å². The number of aliphatic hydroxyl groups is 1. The Kier molecular flexibility index (Phi) is 10.7. The van der Waals surface area contributed by atoms with Crippen LogP contribution in [0.2, 0.25) is 5.02 Å². The van der Waals surface area contributed by atoms with Gasteiger partial charge in [-0.05, 0) is 39.0 Å². The lowest BCUT2D eigenvalue weighted by molar-refractivity contribution is -0.119. The van der Waals surface area contributed by atoms with Crippen molar-refractivity contribution < 1.29 is 28.5 Å². The number of piperidine rings is 1. The SMILES string of the molecule is COC(C)CC(C)(C)O.COc1cc2ncnc(Nc3cccc(Cl)c3F)c2cc1OC1CCN(C=O)CC1. The molecule has 0 bridgehead atoms. The van der Waals surface area contributed by atoms with Crippen molar-refractivity contribution in [3.63, 3.8) is 0 Å². The maximum atomic E-state index is 14.3. The van der Waals surface area contributed by atoms with Gasteiger partial charge in [0.05, 0.1) is 35.0 Å². The molecule has 1 fully saturated rings. The Morgan fingerprint density at radius 1 is 1.23 bits per heavy atom. The van der Waals surface area contributed by atoms with Crippen molar-refractivity contribution in [3.05, 3.63) is 47.5 Å². The second-order valence-corrected chi connectivity index (χ2v) is 10.4. The summed E-state index contributed by atoms with van der Waals surface area (Å²) in [5, 5.41) is 12.9. The molecule has 1 amide bonds. The second kappa shape index (κ2) is 13.7. The fraction of sp³-hybridized carbons (Fsp3) is 0.464. The number of carbonyl (C=O) groups is 1. The Balaban J connectivity index is 0.000000403. The highest BCUT2D eigenvalue weighted by atomic mass is 35.5. The first-order chi connectivity index (χ1) is 18.5. The summed E-state index contributed by atoms with van der Waals surface area (Å²) in [6.45, 7) is 6.80. The summed E-state index contributed by atoms with van der Waals surface area (Å²) in [6, 6.07) is 8.25. The van der Waals surface area contributed by atoms with E-state index in [4.69, 9.17) is 25.8 Å². The van der Waals surface area contributed by atoms with Gasteiger partial charge in [0.2, 0.25) is 6.41 Å². The number of ether oxygens (including phenoxy) is 3. The molecular formula is C28H36ClFN4O5. The summed E-state index contributed by atoms with van der Waals surface area (Å²) < 4.78 is 31.0. The molecule has 2 heterocycles. The standard InChI is InChI=1S/C21H20ClFN4O3.C7H16O2/c1-29-18-10-17-14(9-19(18)30-13-5-7-27(12-28)8-6-13)21(25-11-24-17)26-16-4-2-3-15(22)20(16)23;1-6(9-4)5-7(2,3)8/h2-4,9-13H,5-8H2,1H3,(H,24,25,26);6,8H,5H2,1-4H3. The summed E-state index contributed by atoms with van der Waals surface area (Å²) in [4.78, 5) is 21.2. The molecule has 11 heteroatoms. The van der Waals surface area contributed by atoms with E-state index in [2.05, 4.69) is 15.3 Å². The molecule has 1 aliphatic rings. The van der Waals surface area contributed by atoms with Gasteiger partial charge in [-0.25, -0.2) is 14.4 Å². The van der Waals surface area contributed by atoms with Gasteiger partial charge < -0.3 is 29.5 Å². The number of hydrogen-bond donors (Lipinski definition) is 2. The normalized spacial score (nSPS) is 14.8. The number of amides is 1. The van der Waals surface area contributed by atoms with E-state index in [9.17, 15) is 14.3 Å². The van der Waals surface area contributed by atoms with Crippen LogP contribution in [0.4, 0.5) is 15.9 Å². The zero-order valence-corrected chi connectivity index (χ0v) is 23.7. The van der Waals surface area contributed by atoms with Crippen LogP contribution < -0.4 is 14.8 Å². The lowest BCUT2D eigenvalue weighted by atomic mass is 10.0. The van der Waals surface area contributed by atoms with Crippen LogP contribution in [0.25, 0.3) is 10.9 Å². The fourth-order valence-electron chi connectivity index (χ4n) is 4.21. The number of carbonyl (C=O) groups excluding carboxylic acids is 1. The van der Waals surface area contributed by atoms with Crippen LogP contribution in [0, 0.1) is 5.82 Å². The average molecular weight is 563 g/mol. The number of halogens is 2. The molecule has 0 saturated carbocycles. The maximum absolute atomic E-state index is 14.3. The Bertz CT molecular complexity index is 1250. The van der Waals surface area contributed by atoms with Crippen LogP contribution in [-0.4, -0.2) is 71.5 Å². The highest BCUT2D eigenvalue weighted by Gasteiger charge is 2.22. The van der Waals surface area contributed by atoms with Crippen LogP contribution in [0.15, 0.2) is 36.7 Å². The summed E-state index contributed by atoms with van der Waals surface area (Å²) in [6.07, 6.45) is 4.49. The van der Waals surface area contributed by atoms with Crippen molar-refractivity contribution in [2.75, 3.05) is 32.6 Å². The molecule has 212 valence electrons. The van der Waals surface area contributed by atoms with Gasteiger partial charge in [0, 0.05) is 50.9 Å². The van der Waals surface area contributed by atoms with Crippen molar-refractivity contribution in [1.29, 1.82) is 0 Å². The number of benzene rings is 2. The first-order valence-electron chi connectivity index (χ1n) is 12.7. The van der Waals surface area contributed by atoms with E-state index >= 15 is 0 Å². The van der Waals surface area contributed by atoms with Gasteiger partial charge in [-0.15, -0.1) is 0 Å². The number of rotatable bonds is 9. The monoisotopic (exact) mass is 562 g/mol. The number of likely N-dealkylation sites (tertiary alicyclic amines) is 1. The van der Waals surface area contributed by atoms with Crippen molar-refractivity contribution in [2.24, 2.45) is 0 Å². The molecule has 1 aliphatic heterocycles. The van der Waals surface area contributed by atoms with Gasteiger partial charge in [0.1, 0.15) is 18.2 Å². The minimum Gasteiger partial charge on any atom is -0.493 e. The number of fused-ring (bicyclic) bond motifs is 1. The number of nitrogens with zero attached hydrogens (tertiary/aromatic N) is 3. The minimum absolute atomic E-state index is 0.0192. The zero-order chi connectivity index (χ0) is 28.6. The summed E-state index contributed by atoms with van der Waals surface area (Å²) in [5.41, 5.74) is 0.229. The third kappa shape index (κ3) is 8.64. The molecule has 2 N–H and O–H groups in total. The number of methoxy groups -OCH3 is 2. The molecule has 9 nitrogen and oxygen atoms in total. The zero-order valence-electron chi connectivity index (χ0n) is 22.9. The maximum Gasteiger partial charge on any atom is 0.209 e. The largest absolute Gasteiger partial charge is 0.493 e. The minimum atomic E-state index is -0.602. The molecule has 2 aromatic carbocycles. The van der Waals surface area contributed by atoms with E-state index in [-0.39, 0.29) is 22.9 Å². The first-order valence-corrected chi connectivity index (χ1v) is 13.1.